The zero-order valence-electron chi connectivity index (χ0n) is 8.69. The molecule has 0 aliphatic heterocycles. The van der Waals surface area contributed by atoms with Crippen LogP contribution in [0.4, 0.5) is 0 Å². The Labute approximate surface area is 94.5 Å². The average Bonchev–Trinajstić information content (AvgIpc) is 2.31. The van der Waals surface area contributed by atoms with Crippen LogP contribution in [-0.4, -0.2) is 10.1 Å². The molecule has 0 unspecified atom stereocenters. The van der Waals surface area contributed by atoms with E-state index in [2.05, 4.69) is 4.98 Å². The summed E-state index contributed by atoms with van der Waals surface area (Å²) in [6.07, 6.45) is 7.57. The zero-order valence-corrected chi connectivity index (χ0v) is 9.50. The van der Waals surface area contributed by atoms with Crippen LogP contribution in [0.5, 0.6) is 0 Å². The Bertz CT molecular complexity index is 320. The molecule has 0 bridgehead atoms. The molecule has 0 amide bonds. The van der Waals surface area contributed by atoms with Crippen LogP contribution < -0.4 is 0 Å². The molecule has 0 aromatic carbocycles. The minimum absolute atomic E-state index is 0.269. The third kappa shape index (κ3) is 3.06. The summed E-state index contributed by atoms with van der Waals surface area (Å²) in [5.41, 5.74) is 0. The van der Waals surface area contributed by atoms with Crippen molar-refractivity contribution in [2.45, 2.75) is 37.1 Å². The zero-order chi connectivity index (χ0) is 10.5. The fourth-order valence-corrected chi connectivity index (χ4v) is 2.80. The van der Waals surface area contributed by atoms with Gasteiger partial charge in [-0.05, 0) is 36.7 Å². The summed E-state index contributed by atoms with van der Waals surface area (Å²) in [5, 5.41) is 1.13. The van der Waals surface area contributed by atoms with Gasteiger partial charge in [0.15, 0.2) is 5.12 Å². The van der Waals surface area contributed by atoms with Gasteiger partial charge in [0.2, 0.25) is 0 Å². The van der Waals surface area contributed by atoms with Gasteiger partial charge in [0.05, 0.1) is 0 Å². The van der Waals surface area contributed by atoms with Gasteiger partial charge >= 0.3 is 0 Å². The lowest BCUT2D eigenvalue weighted by atomic mass is 9.90. The van der Waals surface area contributed by atoms with Crippen LogP contribution in [-0.2, 0) is 4.79 Å². The Balaban J connectivity index is 1.91. The highest BCUT2D eigenvalue weighted by Crippen LogP contribution is 2.30. The lowest BCUT2D eigenvalue weighted by molar-refractivity contribution is -0.115. The van der Waals surface area contributed by atoms with E-state index in [1.807, 2.05) is 18.2 Å². The van der Waals surface area contributed by atoms with Crippen molar-refractivity contribution in [1.29, 1.82) is 0 Å². The number of aromatic nitrogens is 1. The van der Waals surface area contributed by atoms with Crippen LogP contribution >= 0.6 is 11.8 Å². The Morgan fingerprint density at radius 2 is 2.07 bits per heavy atom. The lowest BCUT2D eigenvalue weighted by Crippen LogP contribution is -2.14. The van der Waals surface area contributed by atoms with Crippen molar-refractivity contribution >= 4 is 16.9 Å². The highest BCUT2D eigenvalue weighted by molar-refractivity contribution is 8.13. The van der Waals surface area contributed by atoms with Gasteiger partial charge in [-0.25, -0.2) is 4.98 Å². The van der Waals surface area contributed by atoms with Crippen molar-refractivity contribution in [3.05, 3.63) is 24.4 Å². The van der Waals surface area contributed by atoms with E-state index >= 15 is 0 Å². The molecule has 15 heavy (non-hydrogen) atoms. The molecule has 2 nitrogen and oxygen atoms in total. The molecule has 0 radical (unpaired) electrons. The van der Waals surface area contributed by atoms with E-state index in [-0.39, 0.29) is 5.92 Å². The van der Waals surface area contributed by atoms with Crippen LogP contribution in [0.2, 0.25) is 0 Å². The van der Waals surface area contributed by atoms with Gasteiger partial charge in [0.25, 0.3) is 0 Å². The van der Waals surface area contributed by atoms with Gasteiger partial charge < -0.3 is 0 Å². The first kappa shape index (κ1) is 10.7. The van der Waals surface area contributed by atoms with Crippen LogP contribution in [0.3, 0.4) is 0 Å². The standard InChI is InChI=1S/C12H15NOS/c14-12(10-6-2-1-3-7-10)15-11-8-4-5-9-13-11/h4-5,8-10H,1-3,6-7H2. The highest BCUT2D eigenvalue weighted by Gasteiger charge is 2.21. The molecule has 0 atom stereocenters. The average molecular weight is 221 g/mol. The number of hydrogen-bond acceptors (Lipinski definition) is 3. The van der Waals surface area contributed by atoms with Gasteiger partial charge in [0, 0.05) is 12.1 Å². The Kier molecular flexibility index (Phi) is 3.78. The van der Waals surface area contributed by atoms with Crippen molar-refractivity contribution < 1.29 is 4.79 Å². The molecule has 2 rings (SSSR count). The number of carbonyl (C=O) groups excluding carboxylic acids is 1. The third-order valence-corrected chi connectivity index (χ3v) is 3.77. The lowest BCUT2D eigenvalue weighted by Gasteiger charge is -2.19. The fraction of sp³-hybridized carbons (Fsp3) is 0.500. The number of thioether (sulfide) groups is 1. The van der Waals surface area contributed by atoms with Gasteiger partial charge in [-0.3, -0.25) is 4.79 Å². The van der Waals surface area contributed by atoms with E-state index in [0.29, 0.717) is 5.12 Å². The second kappa shape index (κ2) is 5.31. The summed E-state index contributed by atoms with van der Waals surface area (Å²) in [4.78, 5) is 16.0. The Morgan fingerprint density at radius 3 is 2.73 bits per heavy atom. The molecule has 1 aliphatic rings. The van der Waals surface area contributed by atoms with Crippen molar-refractivity contribution in [3.63, 3.8) is 0 Å². The molecule has 1 aromatic heterocycles. The first-order valence-corrected chi connectivity index (χ1v) is 6.30. The molecule has 1 heterocycles. The smallest absolute Gasteiger partial charge is 0.198 e. The number of rotatable bonds is 2. The summed E-state index contributed by atoms with van der Waals surface area (Å²) >= 11 is 1.30. The van der Waals surface area contributed by atoms with E-state index in [1.165, 1.54) is 31.0 Å². The maximum Gasteiger partial charge on any atom is 0.198 e. The summed E-state index contributed by atoms with van der Waals surface area (Å²) < 4.78 is 0. The van der Waals surface area contributed by atoms with Gasteiger partial charge in [-0.2, -0.15) is 0 Å². The largest absolute Gasteiger partial charge is 0.286 e. The molecule has 1 aromatic rings. The molecule has 1 fully saturated rings. The number of pyridine rings is 1. The highest BCUT2D eigenvalue weighted by atomic mass is 32.2. The summed E-state index contributed by atoms with van der Waals surface area (Å²) in [6, 6.07) is 5.68. The number of carbonyl (C=O) groups is 1. The second-order valence-corrected chi connectivity index (χ2v) is 4.95. The maximum absolute atomic E-state index is 11.9. The molecule has 1 saturated carbocycles. The summed E-state index contributed by atoms with van der Waals surface area (Å²) in [7, 11) is 0. The molecular weight excluding hydrogens is 206 g/mol. The first-order valence-electron chi connectivity index (χ1n) is 5.49. The van der Waals surface area contributed by atoms with Crippen LogP contribution in [0.1, 0.15) is 32.1 Å². The SMILES string of the molecule is O=C(Sc1ccccn1)C1CCCCC1. The van der Waals surface area contributed by atoms with E-state index in [4.69, 9.17) is 0 Å². The molecule has 0 saturated heterocycles. The van der Waals surface area contributed by atoms with Gasteiger partial charge in [-0.15, -0.1) is 0 Å². The minimum atomic E-state index is 0.269. The predicted molar refractivity (Wildman–Crippen MR) is 61.7 cm³/mol. The Hall–Kier alpha value is -0.830. The quantitative estimate of drug-likeness (QED) is 0.718. The number of nitrogens with zero attached hydrogens (tertiary/aromatic N) is 1. The molecule has 3 heteroatoms. The third-order valence-electron chi connectivity index (χ3n) is 2.78. The fourth-order valence-electron chi connectivity index (χ4n) is 1.93. The normalized spacial score (nSPS) is 17.6. The first-order chi connectivity index (χ1) is 7.36. The molecule has 1 aliphatic carbocycles. The second-order valence-electron chi connectivity index (χ2n) is 3.92. The van der Waals surface area contributed by atoms with Crippen molar-refractivity contribution in [3.8, 4) is 0 Å². The Morgan fingerprint density at radius 1 is 1.27 bits per heavy atom. The van der Waals surface area contributed by atoms with Crippen LogP contribution in [0.15, 0.2) is 29.4 Å². The predicted octanol–water partition coefficient (Wildman–Crippen LogP) is 3.28. The van der Waals surface area contributed by atoms with Crippen molar-refractivity contribution in [2.75, 3.05) is 0 Å². The monoisotopic (exact) mass is 221 g/mol. The molecule has 0 N–H and O–H groups in total. The van der Waals surface area contributed by atoms with Gasteiger partial charge in [-0.1, -0.05) is 25.3 Å². The van der Waals surface area contributed by atoms with E-state index in [0.717, 1.165) is 17.9 Å². The van der Waals surface area contributed by atoms with Crippen LogP contribution in [0.25, 0.3) is 0 Å². The van der Waals surface area contributed by atoms with E-state index in [9.17, 15) is 4.79 Å². The molecule has 0 spiro atoms. The van der Waals surface area contributed by atoms with Crippen molar-refractivity contribution in [2.24, 2.45) is 5.92 Å². The molecular formula is C12H15NOS. The topological polar surface area (TPSA) is 30.0 Å². The number of hydrogen-bond donors (Lipinski definition) is 0. The van der Waals surface area contributed by atoms with Crippen molar-refractivity contribution in [1.82, 2.24) is 4.98 Å². The van der Waals surface area contributed by atoms with E-state index in [1.54, 1.807) is 6.20 Å². The van der Waals surface area contributed by atoms with E-state index < -0.39 is 0 Å². The van der Waals surface area contributed by atoms with Crippen LogP contribution in [0, 0.1) is 5.92 Å². The summed E-state index contributed by atoms with van der Waals surface area (Å²) in [6.45, 7) is 0. The molecule has 80 valence electrons. The minimum Gasteiger partial charge on any atom is -0.286 e. The van der Waals surface area contributed by atoms with Gasteiger partial charge in [0.1, 0.15) is 5.03 Å². The summed E-state index contributed by atoms with van der Waals surface area (Å²) in [5.74, 6) is 0.269. The maximum atomic E-state index is 11.9.